The van der Waals surface area contributed by atoms with Gasteiger partial charge in [-0.1, -0.05) is 22.0 Å². The quantitative estimate of drug-likeness (QED) is 0.652. The molecule has 102 valence electrons. The second kappa shape index (κ2) is 6.33. The third-order valence-electron chi connectivity index (χ3n) is 2.81. The Morgan fingerprint density at radius 3 is 2.95 bits per heavy atom. The number of fused-ring (bicyclic) bond motifs is 1. The fourth-order valence-electron chi connectivity index (χ4n) is 1.93. The van der Waals surface area contributed by atoms with Crippen molar-refractivity contribution in [3.05, 3.63) is 53.3 Å². The van der Waals surface area contributed by atoms with Crippen LogP contribution < -0.4 is 4.74 Å². The summed E-state index contributed by atoms with van der Waals surface area (Å²) in [5, 5.41) is 1.91. The first-order valence-corrected chi connectivity index (χ1v) is 8.27. The van der Waals surface area contributed by atoms with Crippen LogP contribution in [0.5, 0.6) is 5.75 Å². The lowest BCUT2D eigenvalue weighted by Gasteiger charge is -2.02. The molecule has 0 radical (unpaired) electrons. The number of aromatic nitrogens is 2. The maximum Gasteiger partial charge on any atom is 0.120 e. The van der Waals surface area contributed by atoms with E-state index in [0.717, 1.165) is 38.4 Å². The maximum atomic E-state index is 5.61. The number of hydrogen-bond acceptors (Lipinski definition) is 4. The molecule has 2 aromatic heterocycles. The predicted octanol–water partition coefficient (Wildman–Crippen LogP) is 4.06. The summed E-state index contributed by atoms with van der Waals surface area (Å²) in [5.74, 6) is 0.894. The summed E-state index contributed by atoms with van der Waals surface area (Å²) in [6, 6.07) is 12.0. The lowest BCUT2D eigenvalue weighted by atomic mass is 10.3. The van der Waals surface area contributed by atoms with E-state index in [4.69, 9.17) is 4.74 Å². The molecule has 0 atom stereocenters. The van der Waals surface area contributed by atoms with E-state index < -0.39 is 0 Å². The lowest BCUT2D eigenvalue weighted by molar-refractivity contribution is 0.345. The molecular weight excluding hydrogens is 336 g/mol. The number of alkyl halides is 1. The van der Waals surface area contributed by atoms with Gasteiger partial charge in [0.15, 0.2) is 0 Å². The molecule has 5 heteroatoms. The van der Waals surface area contributed by atoms with Crippen molar-refractivity contribution < 1.29 is 4.74 Å². The largest absolute Gasteiger partial charge is 0.493 e. The molecule has 3 aromatic rings. The molecule has 3 rings (SSSR count). The van der Waals surface area contributed by atoms with Gasteiger partial charge in [0, 0.05) is 23.6 Å². The first kappa shape index (κ1) is 13.5. The Hall–Kier alpha value is -1.46. The topological polar surface area (TPSA) is 35.0 Å². The smallest absolute Gasteiger partial charge is 0.120 e. The van der Waals surface area contributed by atoms with Gasteiger partial charge in [-0.25, -0.2) is 4.98 Å². The molecule has 0 unspecified atom stereocenters. The van der Waals surface area contributed by atoms with Crippen molar-refractivity contribution in [2.45, 2.75) is 6.42 Å². The van der Waals surface area contributed by atoms with E-state index in [2.05, 4.69) is 32.0 Å². The molecule has 0 aliphatic carbocycles. The SMILES string of the molecule is BrCCOc1ccc2nc(Cc3ccccn3)sc2c1. The predicted molar refractivity (Wildman–Crippen MR) is 86.0 cm³/mol. The molecule has 0 saturated carbocycles. The number of benzene rings is 1. The van der Waals surface area contributed by atoms with Crippen LogP contribution in [-0.2, 0) is 6.42 Å². The third-order valence-corrected chi connectivity index (χ3v) is 4.15. The van der Waals surface area contributed by atoms with Crippen LogP contribution in [0, 0.1) is 0 Å². The highest BCUT2D eigenvalue weighted by molar-refractivity contribution is 9.09. The molecule has 0 fully saturated rings. The molecule has 0 spiro atoms. The summed E-state index contributed by atoms with van der Waals surface area (Å²) in [5.41, 5.74) is 2.06. The van der Waals surface area contributed by atoms with Crippen LogP contribution in [0.1, 0.15) is 10.7 Å². The van der Waals surface area contributed by atoms with Crippen molar-refractivity contribution in [1.29, 1.82) is 0 Å². The molecule has 20 heavy (non-hydrogen) atoms. The molecule has 2 heterocycles. The highest BCUT2D eigenvalue weighted by atomic mass is 79.9. The first-order valence-electron chi connectivity index (χ1n) is 6.33. The maximum absolute atomic E-state index is 5.61. The van der Waals surface area contributed by atoms with Crippen molar-refractivity contribution in [2.75, 3.05) is 11.9 Å². The Kier molecular flexibility index (Phi) is 4.28. The zero-order valence-corrected chi connectivity index (χ0v) is 13.2. The summed E-state index contributed by atoms with van der Waals surface area (Å²) in [6.07, 6.45) is 2.59. The van der Waals surface area contributed by atoms with Crippen LogP contribution in [0.4, 0.5) is 0 Å². The molecule has 0 N–H and O–H groups in total. The standard InChI is InChI=1S/C15H13BrN2OS/c16-6-8-19-12-4-5-13-14(10-12)20-15(18-13)9-11-3-1-2-7-17-11/h1-5,7,10H,6,8-9H2. The van der Waals surface area contributed by atoms with Gasteiger partial charge >= 0.3 is 0 Å². The highest BCUT2D eigenvalue weighted by Gasteiger charge is 2.06. The van der Waals surface area contributed by atoms with E-state index in [1.54, 1.807) is 11.3 Å². The van der Waals surface area contributed by atoms with Gasteiger partial charge in [0.2, 0.25) is 0 Å². The minimum absolute atomic E-state index is 0.672. The summed E-state index contributed by atoms with van der Waals surface area (Å²) in [7, 11) is 0. The van der Waals surface area contributed by atoms with Crippen LogP contribution >= 0.6 is 27.3 Å². The summed E-state index contributed by atoms with van der Waals surface area (Å²) < 4.78 is 6.77. The number of nitrogens with zero attached hydrogens (tertiary/aromatic N) is 2. The Balaban J connectivity index is 1.83. The van der Waals surface area contributed by atoms with Crippen LogP contribution in [0.2, 0.25) is 0 Å². The molecule has 0 aliphatic heterocycles. The van der Waals surface area contributed by atoms with Crippen LogP contribution in [-0.4, -0.2) is 21.9 Å². The van der Waals surface area contributed by atoms with Crippen molar-refractivity contribution in [2.24, 2.45) is 0 Å². The van der Waals surface area contributed by atoms with Gasteiger partial charge in [-0.05, 0) is 30.3 Å². The Labute approximate surface area is 129 Å². The minimum atomic E-state index is 0.672. The molecule has 0 amide bonds. The van der Waals surface area contributed by atoms with Gasteiger partial charge in [0.05, 0.1) is 21.8 Å². The number of hydrogen-bond donors (Lipinski definition) is 0. The van der Waals surface area contributed by atoms with Crippen LogP contribution in [0.25, 0.3) is 10.2 Å². The third kappa shape index (κ3) is 3.16. The monoisotopic (exact) mass is 348 g/mol. The van der Waals surface area contributed by atoms with Gasteiger partial charge in [-0.3, -0.25) is 4.98 Å². The van der Waals surface area contributed by atoms with Crippen LogP contribution in [0.3, 0.4) is 0 Å². The minimum Gasteiger partial charge on any atom is -0.493 e. The van der Waals surface area contributed by atoms with Crippen molar-refractivity contribution in [3.8, 4) is 5.75 Å². The van der Waals surface area contributed by atoms with Gasteiger partial charge < -0.3 is 4.74 Å². The Morgan fingerprint density at radius 2 is 2.15 bits per heavy atom. The Bertz CT molecular complexity index is 699. The first-order chi connectivity index (χ1) is 9.85. The van der Waals surface area contributed by atoms with Crippen molar-refractivity contribution >= 4 is 37.5 Å². The average Bonchev–Trinajstić information content (AvgIpc) is 2.87. The van der Waals surface area contributed by atoms with Gasteiger partial charge in [-0.15, -0.1) is 11.3 Å². The molecule has 0 bridgehead atoms. The zero-order valence-electron chi connectivity index (χ0n) is 10.8. The Morgan fingerprint density at radius 1 is 1.20 bits per heavy atom. The second-order valence-electron chi connectivity index (χ2n) is 4.27. The number of ether oxygens (including phenoxy) is 1. The molecule has 3 nitrogen and oxygen atoms in total. The van der Waals surface area contributed by atoms with E-state index in [9.17, 15) is 0 Å². The number of thiazole rings is 1. The molecule has 1 aromatic carbocycles. The molecule has 0 aliphatic rings. The summed E-state index contributed by atoms with van der Waals surface area (Å²) in [4.78, 5) is 8.98. The normalized spacial score (nSPS) is 10.8. The zero-order chi connectivity index (χ0) is 13.8. The lowest BCUT2D eigenvalue weighted by Crippen LogP contribution is -1.96. The van der Waals surface area contributed by atoms with E-state index >= 15 is 0 Å². The number of pyridine rings is 1. The summed E-state index contributed by atoms with van der Waals surface area (Å²) in [6.45, 7) is 0.672. The van der Waals surface area contributed by atoms with Crippen molar-refractivity contribution in [1.82, 2.24) is 9.97 Å². The fourth-order valence-corrected chi connectivity index (χ4v) is 3.11. The summed E-state index contributed by atoms with van der Waals surface area (Å²) >= 11 is 5.05. The number of halogens is 1. The van der Waals surface area contributed by atoms with Gasteiger partial charge in [-0.2, -0.15) is 0 Å². The molecular formula is C15H13BrN2OS. The van der Waals surface area contributed by atoms with E-state index in [-0.39, 0.29) is 0 Å². The van der Waals surface area contributed by atoms with Gasteiger partial charge in [0.25, 0.3) is 0 Å². The highest BCUT2D eigenvalue weighted by Crippen LogP contribution is 2.27. The second-order valence-corrected chi connectivity index (χ2v) is 6.18. The van der Waals surface area contributed by atoms with E-state index in [1.807, 2.05) is 36.5 Å². The fraction of sp³-hybridized carbons (Fsp3) is 0.200. The van der Waals surface area contributed by atoms with Gasteiger partial charge in [0.1, 0.15) is 5.75 Å². The van der Waals surface area contributed by atoms with E-state index in [1.165, 1.54) is 0 Å². The average molecular weight is 349 g/mol. The molecule has 0 saturated heterocycles. The van der Waals surface area contributed by atoms with E-state index in [0.29, 0.717) is 6.61 Å². The van der Waals surface area contributed by atoms with Crippen molar-refractivity contribution in [3.63, 3.8) is 0 Å². The number of rotatable bonds is 5. The van der Waals surface area contributed by atoms with Crippen LogP contribution in [0.15, 0.2) is 42.6 Å².